The molecule has 0 radical (unpaired) electrons. The van der Waals surface area contributed by atoms with Crippen molar-refractivity contribution >= 4 is 11.9 Å². The van der Waals surface area contributed by atoms with Crippen LogP contribution in [-0.4, -0.2) is 25.4 Å². The molecule has 4 aromatic rings. The molecule has 1 amide bonds. The second kappa shape index (κ2) is 6.64. The lowest BCUT2D eigenvalue weighted by atomic mass is 10.2. The molecule has 0 aromatic carbocycles. The van der Waals surface area contributed by atoms with Crippen molar-refractivity contribution in [1.82, 2.24) is 19.5 Å². The van der Waals surface area contributed by atoms with Gasteiger partial charge in [0, 0.05) is 18.6 Å². The zero-order valence-electron chi connectivity index (χ0n) is 14.0. The molecule has 4 aromatic heterocycles. The lowest BCUT2D eigenvalue weighted by Crippen LogP contribution is -2.16. The first-order chi connectivity index (χ1) is 12.7. The van der Waals surface area contributed by atoms with E-state index >= 15 is 0 Å². The lowest BCUT2D eigenvalue weighted by molar-refractivity contribution is 0.101. The van der Waals surface area contributed by atoms with Crippen LogP contribution < -0.4 is 5.32 Å². The van der Waals surface area contributed by atoms with Crippen LogP contribution in [0.4, 0.5) is 6.01 Å². The summed E-state index contributed by atoms with van der Waals surface area (Å²) in [7, 11) is 0. The second-order valence-electron chi connectivity index (χ2n) is 5.61. The molecule has 0 saturated heterocycles. The van der Waals surface area contributed by atoms with Crippen LogP contribution in [0.25, 0.3) is 17.2 Å². The Morgan fingerprint density at radius 3 is 2.77 bits per heavy atom. The smallest absolute Gasteiger partial charge is 0.302 e. The minimum Gasteiger partial charge on any atom is -0.431 e. The van der Waals surface area contributed by atoms with Gasteiger partial charge in [0.25, 0.3) is 5.91 Å². The molecule has 26 heavy (non-hydrogen) atoms. The van der Waals surface area contributed by atoms with Crippen molar-refractivity contribution in [3.05, 3.63) is 78.6 Å². The topological polar surface area (TPSA) is 85.8 Å². The molecular formula is C19H15N5O2. The van der Waals surface area contributed by atoms with Crippen molar-refractivity contribution in [3.63, 3.8) is 0 Å². The molecule has 0 aliphatic carbocycles. The Labute approximate surface area is 149 Å². The summed E-state index contributed by atoms with van der Waals surface area (Å²) in [4.78, 5) is 25.5. The molecule has 7 heteroatoms. The van der Waals surface area contributed by atoms with Crippen LogP contribution in [0.2, 0.25) is 0 Å². The van der Waals surface area contributed by atoms with E-state index in [1.165, 1.54) is 6.26 Å². The molecule has 0 aliphatic heterocycles. The minimum atomic E-state index is -0.341. The van der Waals surface area contributed by atoms with Crippen molar-refractivity contribution in [2.24, 2.45) is 0 Å². The van der Waals surface area contributed by atoms with Gasteiger partial charge in [-0.3, -0.25) is 19.7 Å². The highest BCUT2D eigenvalue weighted by molar-refractivity contribution is 6.02. The number of hydrogen-bond donors (Lipinski definition) is 1. The van der Waals surface area contributed by atoms with Crippen molar-refractivity contribution < 1.29 is 9.21 Å². The van der Waals surface area contributed by atoms with E-state index in [-0.39, 0.29) is 11.9 Å². The summed E-state index contributed by atoms with van der Waals surface area (Å²) in [6.07, 6.45) is 6.61. The molecule has 7 nitrogen and oxygen atoms in total. The summed E-state index contributed by atoms with van der Waals surface area (Å²) < 4.78 is 7.08. The van der Waals surface area contributed by atoms with Gasteiger partial charge in [0.2, 0.25) is 0 Å². The minimum absolute atomic E-state index is 0.115. The SMILES string of the molecule is Cc1cccnc1-c1coc(NC(=O)c2cccn2-c2ccccn2)n1. The average Bonchev–Trinajstić information content (AvgIpc) is 3.32. The van der Waals surface area contributed by atoms with Gasteiger partial charge in [-0.15, -0.1) is 0 Å². The number of carbonyl (C=O) groups is 1. The van der Waals surface area contributed by atoms with Gasteiger partial charge in [-0.2, -0.15) is 4.98 Å². The van der Waals surface area contributed by atoms with Crippen LogP contribution in [0.15, 0.2) is 71.7 Å². The molecule has 0 atom stereocenters. The monoisotopic (exact) mass is 345 g/mol. The molecular weight excluding hydrogens is 330 g/mol. The highest BCUT2D eigenvalue weighted by Gasteiger charge is 2.16. The van der Waals surface area contributed by atoms with Crippen LogP contribution >= 0.6 is 0 Å². The Morgan fingerprint density at radius 2 is 1.96 bits per heavy atom. The van der Waals surface area contributed by atoms with Crippen molar-refractivity contribution in [2.45, 2.75) is 6.92 Å². The number of aryl methyl sites for hydroxylation is 1. The van der Waals surface area contributed by atoms with Crippen molar-refractivity contribution in [2.75, 3.05) is 5.32 Å². The fraction of sp³-hybridized carbons (Fsp3) is 0.0526. The van der Waals surface area contributed by atoms with Gasteiger partial charge >= 0.3 is 6.01 Å². The molecule has 4 heterocycles. The van der Waals surface area contributed by atoms with E-state index in [2.05, 4.69) is 20.3 Å². The molecule has 0 bridgehead atoms. The summed E-state index contributed by atoms with van der Waals surface area (Å²) in [6.45, 7) is 1.94. The van der Waals surface area contributed by atoms with E-state index < -0.39 is 0 Å². The first kappa shape index (κ1) is 15.8. The highest BCUT2D eigenvalue weighted by atomic mass is 16.4. The van der Waals surface area contributed by atoms with Crippen molar-refractivity contribution in [3.8, 4) is 17.2 Å². The number of nitrogens with zero attached hydrogens (tertiary/aromatic N) is 4. The number of anilines is 1. The lowest BCUT2D eigenvalue weighted by Gasteiger charge is -2.07. The van der Waals surface area contributed by atoms with Gasteiger partial charge in [0.05, 0.1) is 5.69 Å². The van der Waals surface area contributed by atoms with Gasteiger partial charge < -0.3 is 4.42 Å². The normalized spacial score (nSPS) is 10.7. The molecule has 1 N–H and O–H groups in total. The maximum absolute atomic E-state index is 12.6. The first-order valence-corrected chi connectivity index (χ1v) is 8.00. The number of amides is 1. The molecule has 0 fully saturated rings. The number of rotatable bonds is 4. The van der Waals surface area contributed by atoms with Gasteiger partial charge in [-0.1, -0.05) is 12.1 Å². The number of pyridine rings is 2. The van der Waals surface area contributed by atoms with Crippen LogP contribution in [0.3, 0.4) is 0 Å². The van der Waals surface area contributed by atoms with Gasteiger partial charge in [-0.05, 0) is 42.8 Å². The maximum Gasteiger partial charge on any atom is 0.302 e. The number of carbonyl (C=O) groups excluding carboxylic acids is 1. The molecule has 128 valence electrons. The summed E-state index contributed by atoms with van der Waals surface area (Å²) in [5.74, 6) is 0.312. The molecule has 0 unspecified atom stereocenters. The predicted octanol–water partition coefficient (Wildman–Crippen LogP) is 3.48. The Hall–Kier alpha value is -3.74. The molecule has 0 spiro atoms. The fourth-order valence-corrected chi connectivity index (χ4v) is 2.62. The second-order valence-corrected chi connectivity index (χ2v) is 5.61. The third kappa shape index (κ3) is 2.98. The molecule has 0 saturated carbocycles. The van der Waals surface area contributed by atoms with Crippen LogP contribution in [-0.2, 0) is 0 Å². The predicted molar refractivity (Wildman–Crippen MR) is 96.0 cm³/mol. The number of aromatic nitrogens is 4. The number of oxazole rings is 1. The average molecular weight is 345 g/mol. The number of nitrogens with one attached hydrogen (secondary N) is 1. The van der Waals surface area contributed by atoms with Gasteiger partial charge in [-0.25, -0.2) is 4.98 Å². The first-order valence-electron chi connectivity index (χ1n) is 8.00. The highest BCUT2D eigenvalue weighted by Crippen LogP contribution is 2.22. The van der Waals surface area contributed by atoms with E-state index in [0.29, 0.717) is 22.9 Å². The zero-order valence-corrected chi connectivity index (χ0v) is 14.0. The van der Waals surface area contributed by atoms with E-state index in [1.54, 1.807) is 35.3 Å². The summed E-state index contributed by atoms with van der Waals surface area (Å²) in [5.41, 5.74) is 2.69. The Balaban J connectivity index is 1.57. The van der Waals surface area contributed by atoms with E-state index in [1.807, 2.05) is 37.3 Å². The summed E-state index contributed by atoms with van der Waals surface area (Å²) >= 11 is 0. The Kier molecular flexibility index (Phi) is 4.03. The summed E-state index contributed by atoms with van der Waals surface area (Å²) in [6, 6.07) is 12.9. The third-order valence-electron chi connectivity index (χ3n) is 3.85. The Morgan fingerprint density at radius 1 is 1.08 bits per heavy atom. The van der Waals surface area contributed by atoms with Gasteiger partial charge in [0.15, 0.2) is 0 Å². The van der Waals surface area contributed by atoms with Crippen LogP contribution in [0.1, 0.15) is 16.1 Å². The van der Waals surface area contributed by atoms with Crippen LogP contribution in [0, 0.1) is 6.92 Å². The van der Waals surface area contributed by atoms with E-state index in [0.717, 1.165) is 5.56 Å². The van der Waals surface area contributed by atoms with E-state index in [9.17, 15) is 4.79 Å². The standard InChI is InChI=1S/C19H15N5O2/c1-13-6-4-10-21-17(13)14-12-26-19(22-14)23-18(25)15-7-5-11-24(15)16-8-2-3-9-20-16/h2-12H,1H3,(H,22,23,25). The third-order valence-corrected chi connectivity index (χ3v) is 3.85. The Bertz CT molecular complexity index is 1050. The van der Waals surface area contributed by atoms with Gasteiger partial charge in [0.1, 0.15) is 23.5 Å². The fourth-order valence-electron chi connectivity index (χ4n) is 2.62. The quantitative estimate of drug-likeness (QED) is 0.612. The zero-order chi connectivity index (χ0) is 17.9. The van der Waals surface area contributed by atoms with Crippen molar-refractivity contribution in [1.29, 1.82) is 0 Å². The summed E-state index contributed by atoms with van der Waals surface area (Å²) in [5, 5.41) is 2.67. The number of hydrogen-bond acceptors (Lipinski definition) is 5. The molecule has 0 aliphatic rings. The maximum atomic E-state index is 12.6. The van der Waals surface area contributed by atoms with Crippen LogP contribution in [0.5, 0.6) is 0 Å². The van der Waals surface area contributed by atoms with E-state index in [4.69, 9.17) is 4.42 Å². The largest absolute Gasteiger partial charge is 0.431 e. The molecule has 4 rings (SSSR count).